The zero-order valence-corrected chi connectivity index (χ0v) is 15.5. The average Bonchev–Trinajstić information content (AvgIpc) is 2.58. The Labute approximate surface area is 148 Å². The van der Waals surface area contributed by atoms with Crippen LogP contribution in [0.5, 0.6) is 0 Å². The van der Waals surface area contributed by atoms with Crippen LogP contribution in [0.25, 0.3) is 0 Å². The van der Waals surface area contributed by atoms with Crippen LogP contribution in [0.1, 0.15) is 24.5 Å². The number of anilines is 1. The van der Waals surface area contributed by atoms with E-state index in [0.29, 0.717) is 18.7 Å². The zero-order valence-electron chi connectivity index (χ0n) is 14.6. The normalized spacial score (nSPS) is 12.4. The van der Waals surface area contributed by atoms with Crippen LogP contribution in [0.4, 0.5) is 5.69 Å². The number of benzene rings is 1. The lowest BCUT2D eigenvalue weighted by molar-refractivity contribution is -0.122. The van der Waals surface area contributed by atoms with Crippen molar-refractivity contribution in [1.82, 2.24) is 10.3 Å². The van der Waals surface area contributed by atoms with E-state index >= 15 is 0 Å². The molecule has 1 N–H and O–H groups in total. The molecule has 7 heteroatoms. The molecule has 1 aromatic heterocycles. The number of carbonyl (C=O) groups is 1. The summed E-state index contributed by atoms with van der Waals surface area (Å²) in [4.78, 5) is 16.6. The molecule has 0 aliphatic heterocycles. The Hall–Kier alpha value is -2.41. The number of aromatic nitrogens is 1. The Kier molecular flexibility index (Phi) is 6.14. The monoisotopic (exact) mass is 361 g/mol. The fourth-order valence-corrected chi connectivity index (χ4v) is 3.77. The Morgan fingerprint density at radius 1 is 1.16 bits per heavy atom. The minimum absolute atomic E-state index is 0.323. The molecule has 0 spiro atoms. The number of pyridine rings is 1. The molecule has 1 atom stereocenters. The Balaban J connectivity index is 2.23. The Morgan fingerprint density at radius 2 is 1.76 bits per heavy atom. The minimum atomic E-state index is -3.61. The van der Waals surface area contributed by atoms with Crippen LogP contribution < -0.4 is 9.62 Å². The van der Waals surface area contributed by atoms with E-state index in [-0.39, 0.29) is 5.91 Å². The molecule has 134 valence electrons. The van der Waals surface area contributed by atoms with Gasteiger partial charge in [0, 0.05) is 18.9 Å². The molecule has 0 aliphatic carbocycles. The van der Waals surface area contributed by atoms with Crippen molar-refractivity contribution in [3.8, 4) is 0 Å². The second-order valence-electron chi connectivity index (χ2n) is 5.89. The molecule has 2 aromatic rings. The molecule has 0 saturated carbocycles. The van der Waals surface area contributed by atoms with E-state index in [9.17, 15) is 13.2 Å². The molecule has 0 aliphatic rings. The van der Waals surface area contributed by atoms with Crippen LogP contribution in [-0.4, -0.2) is 31.6 Å². The number of carbonyl (C=O) groups excluding carboxylic acids is 1. The van der Waals surface area contributed by atoms with Gasteiger partial charge in [0.1, 0.15) is 6.04 Å². The molecule has 2 rings (SSSR count). The smallest absolute Gasteiger partial charge is 0.244 e. The van der Waals surface area contributed by atoms with Crippen molar-refractivity contribution in [3.05, 3.63) is 59.9 Å². The summed E-state index contributed by atoms with van der Waals surface area (Å²) in [7, 11) is -3.61. The van der Waals surface area contributed by atoms with Crippen molar-refractivity contribution < 1.29 is 13.2 Å². The summed E-state index contributed by atoms with van der Waals surface area (Å²) in [5.74, 6) is -0.328. The molecule has 0 radical (unpaired) electrons. The highest BCUT2D eigenvalue weighted by Crippen LogP contribution is 2.23. The fraction of sp³-hybridized carbons (Fsp3) is 0.333. The van der Waals surface area contributed by atoms with Crippen molar-refractivity contribution in [2.45, 2.75) is 32.9 Å². The highest BCUT2D eigenvalue weighted by atomic mass is 32.2. The third-order valence-corrected chi connectivity index (χ3v) is 5.01. The van der Waals surface area contributed by atoms with Crippen LogP contribution in [0, 0.1) is 6.92 Å². The van der Waals surface area contributed by atoms with Crippen LogP contribution in [0.3, 0.4) is 0 Å². The van der Waals surface area contributed by atoms with Gasteiger partial charge in [-0.3, -0.25) is 14.1 Å². The predicted molar refractivity (Wildman–Crippen MR) is 98.7 cm³/mol. The number of sulfonamides is 1. The Morgan fingerprint density at radius 3 is 2.28 bits per heavy atom. The summed E-state index contributed by atoms with van der Waals surface area (Å²) >= 11 is 0. The first-order valence-corrected chi connectivity index (χ1v) is 9.90. The summed E-state index contributed by atoms with van der Waals surface area (Å²) in [5.41, 5.74) is 2.41. The number of nitrogens with one attached hydrogen (secondary N) is 1. The van der Waals surface area contributed by atoms with Gasteiger partial charge in [0.2, 0.25) is 15.9 Å². The van der Waals surface area contributed by atoms with Crippen molar-refractivity contribution in [2.75, 3.05) is 10.6 Å². The maximum atomic E-state index is 12.6. The maximum absolute atomic E-state index is 12.6. The average molecular weight is 361 g/mol. The van der Waals surface area contributed by atoms with Crippen LogP contribution in [-0.2, 0) is 21.4 Å². The van der Waals surface area contributed by atoms with E-state index in [1.165, 1.54) is 4.31 Å². The second kappa shape index (κ2) is 8.11. The number of rotatable bonds is 7. The van der Waals surface area contributed by atoms with Gasteiger partial charge in [0.25, 0.3) is 0 Å². The van der Waals surface area contributed by atoms with Crippen molar-refractivity contribution in [3.63, 3.8) is 0 Å². The molecule has 1 amide bonds. The first kappa shape index (κ1) is 18.9. The van der Waals surface area contributed by atoms with Crippen molar-refractivity contribution in [2.24, 2.45) is 0 Å². The van der Waals surface area contributed by atoms with E-state index in [4.69, 9.17) is 0 Å². The van der Waals surface area contributed by atoms with E-state index in [1.807, 2.05) is 19.1 Å². The summed E-state index contributed by atoms with van der Waals surface area (Å²) in [6.07, 6.45) is 4.77. The molecule has 0 fully saturated rings. The Bertz CT molecular complexity index is 805. The third-order valence-electron chi connectivity index (χ3n) is 3.83. The van der Waals surface area contributed by atoms with E-state index in [1.54, 1.807) is 43.6 Å². The highest BCUT2D eigenvalue weighted by Gasteiger charge is 2.31. The van der Waals surface area contributed by atoms with Gasteiger partial charge in [-0.05, 0) is 43.2 Å². The molecule has 25 heavy (non-hydrogen) atoms. The van der Waals surface area contributed by atoms with Crippen molar-refractivity contribution in [1.29, 1.82) is 0 Å². The lowest BCUT2D eigenvalue weighted by Gasteiger charge is -2.30. The minimum Gasteiger partial charge on any atom is -0.350 e. The number of aryl methyl sites for hydroxylation is 1. The van der Waals surface area contributed by atoms with Gasteiger partial charge in [0.05, 0.1) is 11.9 Å². The van der Waals surface area contributed by atoms with Gasteiger partial charge >= 0.3 is 0 Å². The maximum Gasteiger partial charge on any atom is 0.244 e. The molecular weight excluding hydrogens is 338 g/mol. The first-order chi connectivity index (χ1) is 11.8. The summed E-state index contributed by atoms with van der Waals surface area (Å²) in [6, 6.07) is 9.89. The van der Waals surface area contributed by atoms with Gasteiger partial charge in [-0.25, -0.2) is 8.42 Å². The molecule has 0 saturated heterocycles. The third kappa shape index (κ3) is 5.03. The first-order valence-electron chi connectivity index (χ1n) is 8.05. The fourth-order valence-electron chi connectivity index (χ4n) is 2.56. The zero-order chi connectivity index (χ0) is 18.4. The largest absolute Gasteiger partial charge is 0.350 e. The molecule has 0 bridgehead atoms. The summed E-state index contributed by atoms with van der Waals surface area (Å²) in [6.45, 7) is 4.04. The van der Waals surface area contributed by atoms with Gasteiger partial charge in [0.15, 0.2) is 0 Å². The highest BCUT2D eigenvalue weighted by molar-refractivity contribution is 7.92. The number of amides is 1. The summed E-state index contributed by atoms with van der Waals surface area (Å²) in [5, 5.41) is 2.81. The second-order valence-corrected chi connectivity index (χ2v) is 7.75. The number of hydrogen-bond acceptors (Lipinski definition) is 4. The molecular formula is C18H23N3O3S. The van der Waals surface area contributed by atoms with Crippen LogP contribution >= 0.6 is 0 Å². The standard InChI is InChI=1S/C18H23N3O3S/c1-4-17(18(22)20-13-15-9-11-19-12-10-15)21(25(3,23)24)16-7-5-14(2)6-8-16/h5-12,17H,4,13H2,1-3H3,(H,20,22). The SMILES string of the molecule is CCC(C(=O)NCc1ccncc1)N(c1ccc(C)cc1)S(C)(=O)=O. The van der Waals surface area contributed by atoms with Crippen LogP contribution in [0.15, 0.2) is 48.8 Å². The lowest BCUT2D eigenvalue weighted by atomic mass is 10.1. The number of hydrogen-bond donors (Lipinski definition) is 1. The topological polar surface area (TPSA) is 79.4 Å². The molecule has 6 nitrogen and oxygen atoms in total. The van der Waals surface area contributed by atoms with Gasteiger partial charge in [-0.1, -0.05) is 24.6 Å². The van der Waals surface area contributed by atoms with E-state index in [0.717, 1.165) is 17.4 Å². The number of nitrogens with zero attached hydrogens (tertiary/aromatic N) is 2. The van der Waals surface area contributed by atoms with Crippen molar-refractivity contribution >= 4 is 21.6 Å². The summed E-state index contributed by atoms with van der Waals surface area (Å²) < 4.78 is 25.9. The van der Waals surface area contributed by atoms with E-state index < -0.39 is 16.1 Å². The molecule has 1 heterocycles. The predicted octanol–water partition coefficient (Wildman–Crippen LogP) is 2.25. The van der Waals surface area contributed by atoms with E-state index in [2.05, 4.69) is 10.3 Å². The lowest BCUT2D eigenvalue weighted by Crippen LogP contribution is -2.49. The van der Waals surface area contributed by atoms with Crippen LogP contribution in [0.2, 0.25) is 0 Å². The molecule has 1 unspecified atom stereocenters. The quantitative estimate of drug-likeness (QED) is 0.820. The molecule has 1 aromatic carbocycles. The van der Waals surface area contributed by atoms with Gasteiger partial charge in [-0.15, -0.1) is 0 Å². The van der Waals surface area contributed by atoms with Gasteiger partial charge in [-0.2, -0.15) is 0 Å². The van der Waals surface area contributed by atoms with Gasteiger partial charge < -0.3 is 5.32 Å².